The number of fused-ring (bicyclic) bond motifs is 5. The molecule has 0 saturated heterocycles. The molecule has 4 heteroatoms. The Balaban J connectivity index is 1.64. The molecule has 4 rings (SSSR count). The molecule has 2 fully saturated rings. The number of benzene rings is 1. The average Bonchev–Trinajstić information content (AvgIpc) is 2.85. The van der Waals surface area contributed by atoms with E-state index in [2.05, 4.69) is 19.1 Å². The van der Waals surface area contributed by atoms with Gasteiger partial charge in [-0.05, 0) is 73.1 Å². The number of methoxy groups -OCH3 is 1. The number of rotatable bonds is 3. The molecule has 0 spiro atoms. The molecule has 4 nitrogen and oxygen atoms in total. The summed E-state index contributed by atoms with van der Waals surface area (Å²) in [6, 6.07) is 6.41. The second-order valence-electron chi connectivity index (χ2n) is 8.33. The standard InChI is InChI=1S/C21H26O4/c1-21-8-7-16-15-6-4-14(25-2)9-12(15)3-5-17(16)18(21)10-13(20(21)24)11-19(22)23/h4,6,9,13,16-18H,3,5,7-8,10-11H2,1-2H3,(H,22,23)/t13-,16+,17+,18-,21-/m0/s1. The second-order valence-corrected chi connectivity index (χ2v) is 8.33. The van der Waals surface area contributed by atoms with Crippen LogP contribution in [0.25, 0.3) is 0 Å². The highest BCUT2D eigenvalue weighted by molar-refractivity contribution is 5.92. The number of carboxylic acids is 1. The predicted octanol–water partition coefficient (Wildman–Crippen LogP) is 3.82. The fourth-order valence-corrected chi connectivity index (χ4v) is 6.01. The maximum atomic E-state index is 12.9. The summed E-state index contributed by atoms with van der Waals surface area (Å²) >= 11 is 0. The zero-order valence-corrected chi connectivity index (χ0v) is 15.0. The van der Waals surface area contributed by atoms with Crippen LogP contribution in [-0.4, -0.2) is 24.0 Å². The number of hydrogen-bond acceptors (Lipinski definition) is 3. The molecule has 3 aliphatic rings. The van der Waals surface area contributed by atoms with Crippen molar-refractivity contribution in [1.29, 1.82) is 0 Å². The third-order valence-corrected chi connectivity index (χ3v) is 7.22. The molecular formula is C21H26O4. The van der Waals surface area contributed by atoms with E-state index in [4.69, 9.17) is 9.84 Å². The maximum absolute atomic E-state index is 12.9. The van der Waals surface area contributed by atoms with Crippen molar-refractivity contribution in [3.8, 4) is 5.75 Å². The van der Waals surface area contributed by atoms with E-state index in [9.17, 15) is 9.59 Å². The van der Waals surface area contributed by atoms with Crippen LogP contribution in [0.4, 0.5) is 0 Å². The van der Waals surface area contributed by atoms with Crippen molar-refractivity contribution < 1.29 is 19.4 Å². The molecular weight excluding hydrogens is 316 g/mol. The number of carbonyl (C=O) groups excluding carboxylic acids is 1. The van der Waals surface area contributed by atoms with Crippen molar-refractivity contribution in [3.05, 3.63) is 29.3 Å². The minimum absolute atomic E-state index is 0.00387. The first-order valence-corrected chi connectivity index (χ1v) is 9.37. The minimum Gasteiger partial charge on any atom is -0.497 e. The Bertz CT molecular complexity index is 725. The maximum Gasteiger partial charge on any atom is 0.304 e. The van der Waals surface area contributed by atoms with Crippen LogP contribution in [0.3, 0.4) is 0 Å². The highest BCUT2D eigenvalue weighted by Gasteiger charge is 2.58. The highest BCUT2D eigenvalue weighted by atomic mass is 16.5. The third-order valence-electron chi connectivity index (χ3n) is 7.22. The molecule has 25 heavy (non-hydrogen) atoms. The highest BCUT2D eigenvalue weighted by Crippen LogP contribution is 2.61. The number of ketones is 1. The first-order chi connectivity index (χ1) is 11.9. The van der Waals surface area contributed by atoms with Crippen molar-refractivity contribution in [1.82, 2.24) is 0 Å². The molecule has 0 amide bonds. The molecule has 0 aliphatic heterocycles. The van der Waals surface area contributed by atoms with Crippen molar-refractivity contribution in [2.75, 3.05) is 7.11 Å². The lowest BCUT2D eigenvalue weighted by Crippen LogP contribution is -2.42. The lowest BCUT2D eigenvalue weighted by atomic mass is 9.55. The molecule has 0 radical (unpaired) electrons. The number of carbonyl (C=O) groups is 2. The molecule has 3 aliphatic carbocycles. The molecule has 0 bridgehead atoms. The summed E-state index contributed by atoms with van der Waals surface area (Å²) in [4.78, 5) is 24.1. The van der Waals surface area contributed by atoms with Gasteiger partial charge < -0.3 is 9.84 Å². The summed E-state index contributed by atoms with van der Waals surface area (Å²) in [5.74, 6) is 1.32. The summed E-state index contributed by atoms with van der Waals surface area (Å²) in [6.07, 6.45) is 4.79. The van der Waals surface area contributed by atoms with Gasteiger partial charge >= 0.3 is 5.97 Å². The summed E-state index contributed by atoms with van der Waals surface area (Å²) in [5, 5.41) is 9.16. The number of aryl methyl sites for hydroxylation is 1. The third kappa shape index (κ3) is 2.49. The van der Waals surface area contributed by atoms with Gasteiger partial charge in [0.05, 0.1) is 13.5 Å². The molecule has 1 N–H and O–H groups in total. The number of hydrogen-bond donors (Lipinski definition) is 1. The van der Waals surface area contributed by atoms with Crippen molar-refractivity contribution in [3.63, 3.8) is 0 Å². The van der Waals surface area contributed by atoms with Gasteiger partial charge in [-0.3, -0.25) is 9.59 Å². The molecule has 1 aromatic rings. The fourth-order valence-electron chi connectivity index (χ4n) is 6.01. The molecule has 2 saturated carbocycles. The van der Waals surface area contributed by atoms with Crippen LogP contribution in [0.5, 0.6) is 5.75 Å². The Morgan fingerprint density at radius 1 is 1.36 bits per heavy atom. The van der Waals surface area contributed by atoms with E-state index in [0.717, 1.165) is 37.9 Å². The van der Waals surface area contributed by atoms with Crippen LogP contribution in [0.15, 0.2) is 18.2 Å². The molecule has 1 aromatic carbocycles. The lowest BCUT2D eigenvalue weighted by molar-refractivity contribution is -0.141. The first-order valence-electron chi connectivity index (χ1n) is 9.37. The van der Waals surface area contributed by atoms with Gasteiger partial charge in [0.1, 0.15) is 11.5 Å². The van der Waals surface area contributed by atoms with Crippen molar-refractivity contribution >= 4 is 11.8 Å². The Labute approximate surface area is 148 Å². The Hall–Kier alpha value is -1.84. The molecule has 0 heterocycles. The first kappa shape index (κ1) is 16.6. The molecule has 0 unspecified atom stereocenters. The number of aliphatic carboxylic acids is 1. The van der Waals surface area contributed by atoms with E-state index >= 15 is 0 Å². The zero-order valence-electron chi connectivity index (χ0n) is 15.0. The van der Waals surface area contributed by atoms with Crippen LogP contribution >= 0.6 is 0 Å². The molecule has 0 aromatic heterocycles. The normalized spacial score (nSPS) is 36.3. The predicted molar refractivity (Wildman–Crippen MR) is 93.7 cm³/mol. The van der Waals surface area contributed by atoms with Crippen LogP contribution < -0.4 is 4.74 Å². The van der Waals surface area contributed by atoms with Crippen molar-refractivity contribution in [2.45, 2.75) is 51.4 Å². The van der Waals surface area contributed by atoms with E-state index in [-0.39, 0.29) is 23.5 Å². The quantitative estimate of drug-likeness (QED) is 0.907. The number of ether oxygens (including phenoxy) is 1. The van der Waals surface area contributed by atoms with E-state index in [1.807, 2.05) is 6.07 Å². The Morgan fingerprint density at radius 3 is 2.88 bits per heavy atom. The van der Waals surface area contributed by atoms with Crippen LogP contribution in [0, 0.1) is 23.2 Å². The van der Waals surface area contributed by atoms with Gasteiger partial charge in [0.15, 0.2) is 0 Å². The van der Waals surface area contributed by atoms with Gasteiger partial charge in [0.25, 0.3) is 0 Å². The van der Waals surface area contributed by atoms with Gasteiger partial charge in [-0.1, -0.05) is 13.0 Å². The molecule has 134 valence electrons. The van der Waals surface area contributed by atoms with E-state index in [1.165, 1.54) is 11.1 Å². The van der Waals surface area contributed by atoms with Gasteiger partial charge in [-0.15, -0.1) is 0 Å². The van der Waals surface area contributed by atoms with Gasteiger partial charge in [-0.2, -0.15) is 0 Å². The van der Waals surface area contributed by atoms with Crippen LogP contribution in [-0.2, 0) is 16.0 Å². The summed E-state index contributed by atoms with van der Waals surface area (Å²) < 4.78 is 5.37. The number of carboxylic acid groups (broad SMARTS) is 1. The van der Waals surface area contributed by atoms with Gasteiger partial charge in [0, 0.05) is 11.3 Å². The summed E-state index contributed by atoms with van der Waals surface area (Å²) in [5.41, 5.74) is 2.49. The Morgan fingerprint density at radius 2 is 2.16 bits per heavy atom. The Kier molecular flexibility index (Phi) is 3.89. The van der Waals surface area contributed by atoms with E-state index in [1.54, 1.807) is 7.11 Å². The SMILES string of the molecule is COc1ccc2c(c1)CC[C@@H]1[C@@H]2CC[C@]2(C)C(=O)[C@H](CC(=O)O)C[C@@H]12. The smallest absolute Gasteiger partial charge is 0.304 e. The fraction of sp³-hybridized carbons (Fsp3) is 0.619. The zero-order chi connectivity index (χ0) is 17.8. The monoisotopic (exact) mass is 342 g/mol. The van der Waals surface area contributed by atoms with Crippen molar-refractivity contribution in [2.24, 2.45) is 23.2 Å². The molecule has 5 atom stereocenters. The minimum atomic E-state index is -0.849. The lowest BCUT2D eigenvalue weighted by Gasteiger charge is -2.48. The number of Topliss-reactive ketones (excluding diaryl/α,β-unsaturated/α-hetero) is 1. The van der Waals surface area contributed by atoms with E-state index < -0.39 is 5.97 Å². The van der Waals surface area contributed by atoms with Gasteiger partial charge in [0.2, 0.25) is 0 Å². The van der Waals surface area contributed by atoms with Gasteiger partial charge in [-0.25, -0.2) is 0 Å². The van der Waals surface area contributed by atoms with E-state index in [0.29, 0.717) is 17.8 Å². The summed E-state index contributed by atoms with van der Waals surface area (Å²) in [7, 11) is 1.70. The topological polar surface area (TPSA) is 63.6 Å². The van der Waals surface area contributed by atoms with Crippen LogP contribution in [0.1, 0.15) is 56.1 Å². The van der Waals surface area contributed by atoms with Crippen LogP contribution in [0.2, 0.25) is 0 Å². The summed E-state index contributed by atoms with van der Waals surface area (Å²) in [6.45, 7) is 2.10. The largest absolute Gasteiger partial charge is 0.497 e. The second kappa shape index (κ2) is 5.86. The average molecular weight is 342 g/mol.